The van der Waals surface area contributed by atoms with Crippen LogP contribution >= 0.6 is 0 Å². The molecule has 0 fully saturated rings. The largest absolute Gasteiger partial charge is 0.355 e. The normalized spacial score (nSPS) is 12.3. The Morgan fingerprint density at radius 1 is 0.722 bits per heavy atom. The summed E-state index contributed by atoms with van der Waals surface area (Å²) in [6, 6.07) is 3.89. The molecule has 0 saturated carbocycles. The fourth-order valence-electron chi connectivity index (χ4n) is 4.51. The molecule has 206 valence electrons. The van der Waals surface area contributed by atoms with Crippen molar-refractivity contribution >= 4 is 11.8 Å². The Morgan fingerprint density at radius 2 is 1.25 bits per heavy atom. The van der Waals surface area contributed by atoms with Crippen molar-refractivity contribution in [3.8, 4) is 5.75 Å². The number of carbonyl (C=O) groups excluding carboxylic acids is 2. The third-order valence-electron chi connectivity index (χ3n) is 6.59. The maximum Gasteiger partial charge on any atom is 0.355 e. The van der Waals surface area contributed by atoms with E-state index >= 15 is 0 Å². The van der Waals surface area contributed by atoms with Crippen LogP contribution < -0.4 is 4.89 Å². The van der Waals surface area contributed by atoms with Crippen molar-refractivity contribution in [2.24, 2.45) is 10.8 Å². The second-order valence-corrected chi connectivity index (χ2v) is 13.5. The van der Waals surface area contributed by atoms with Crippen molar-refractivity contribution in [1.82, 2.24) is 0 Å². The average molecular weight is 503 g/mol. The van der Waals surface area contributed by atoms with Gasteiger partial charge in [0.2, 0.25) is 0 Å². The molecule has 1 rings (SSSR count). The molecule has 0 unspecified atom stereocenters. The maximum atomic E-state index is 13.2. The molecule has 0 N–H and O–H groups in total. The lowest BCUT2D eigenvalue weighted by molar-refractivity contribution is -0.214. The second-order valence-electron chi connectivity index (χ2n) is 13.5. The number of hydrogen-bond acceptors (Lipinski definition) is 4. The standard InChI is InChI=1S/C32H54O4/c1-23(2)25-19-20-26(27(33)17-13-11-15-21-31(5,6)7)30(29(25)24(3)4)36-35-28(34)18-14-12-16-22-32(8,9)10/h19-20,23-24H,11-18,21-22H2,1-10H3. The van der Waals surface area contributed by atoms with Crippen molar-refractivity contribution in [2.45, 2.75) is 145 Å². The van der Waals surface area contributed by atoms with Gasteiger partial charge < -0.3 is 0 Å². The van der Waals surface area contributed by atoms with Crippen molar-refractivity contribution in [3.63, 3.8) is 0 Å². The molecule has 0 aliphatic carbocycles. The molecule has 0 amide bonds. The quantitative estimate of drug-likeness (QED) is 0.104. The molecule has 0 aromatic heterocycles. The van der Waals surface area contributed by atoms with Crippen LogP contribution in [0.3, 0.4) is 0 Å². The van der Waals surface area contributed by atoms with Gasteiger partial charge in [0.15, 0.2) is 11.5 Å². The molecule has 0 aliphatic heterocycles. The summed E-state index contributed by atoms with van der Waals surface area (Å²) >= 11 is 0. The Kier molecular flexibility index (Phi) is 13.2. The van der Waals surface area contributed by atoms with Crippen LogP contribution in [-0.4, -0.2) is 11.8 Å². The maximum absolute atomic E-state index is 13.2. The Morgan fingerprint density at radius 3 is 1.72 bits per heavy atom. The summed E-state index contributed by atoms with van der Waals surface area (Å²) in [4.78, 5) is 36.7. The van der Waals surface area contributed by atoms with E-state index in [4.69, 9.17) is 9.78 Å². The van der Waals surface area contributed by atoms with Crippen LogP contribution in [0.1, 0.15) is 167 Å². The van der Waals surface area contributed by atoms with Crippen LogP contribution in [0.25, 0.3) is 0 Å². The fraction of sp³-hybridized carbons (Fsp3) is 0.750. The Labute approximate surface area is 221 Å². The van der Waals surface area contributed by atoms with Crippen molar-refractivity contribution in [2.75, 3.05) is 0 Å². The van der Waals surface area contributed by atoms with Gasteiger partial charge in [-0.25, -0.2) is 4.79 Å². The van der Waals surface area contributed by atoms with Crippen LogP contribution in [0.2, 0.25) is 0 Å². The molecule has 0 spiro atoms. The second kappa shape index (κ2) is 14.8. The first-order chi connectivity index (χ1) is 16.6. The molecule has 1 aromatic carbocycles. The van der Waals surface area contributed by atoms with Gasteiger partial charge in [-0.2, -0.15) is 0 Å². The third kappa shape index (κ3) is 12.4. The number of ketones is 1. The van der Waals surface area contributed by atoms with E-state index in [2.05, 4.69) is 69.2 Å². The zero-order valence-electron chi connectivity index (χ0n) is 25.0. The first-order valence-corrected chi connectivity index (χ1v) is 14.2. The Balaban J connectivity index is 2.90. The number of hydrogen-bond donors (Lipinski definition) is 0. The van der Waals surface area contributed by atoms with Crippen LogP contribution in [0.4, 0.5) is 0 Å². The van der Waals surface area contributed by atoms with Gasteiger partial charge >= 0.3 is 5.97 Å². The van der Waals surface area contributed by atoms with Gasteiger partial charge in [0.25, 0.3) is 0 Å². The van der Waals surface area contributed by atoms with Gasteiger partial charge in [-0.1, -0.05) is 101 Å². The summed E-state index contributed by atoms with van der Waals surface area (Å²) in [6.07, 6.45) is 8.96. The molecule has 0 saturated heterocycles. The lowest BCUT2D eigenvalue weighted by Gasteiger charge is -2.21. The predicted octanol–water partition coefficient (Wildman–Crippen LogP) is 9.95. The summed E-state index contributed by atoms with van der Waals surface area (Å²) in [5, 5.41) is 0. The van der Waals surface area contributed by atoms with Crippen LogP contribution in [-0.2, 0) is 9.68 Å². The lowest BCUT2D eigenvalue weighted by Crippen LogP contribution is -2.14. The molecule has 1 aromatic rings. The van der Waals surface area contributed by atoms with Gasteiger partial charge in [-0.05, 0) is 60.0 Å². The minimum atomic E-state index is -0.379. The smallest absolute Gasteiger partial charge is 0.294 e. The minimum absolute atomic E-state index is 0.0520. The van der Waals surface area contributed by atoms with E-state index in [1.165, 1.54) is 0 Å². The number of unbranched alkanes of at least 4 members (excludes halogenated alkanes) is 4. The van der Waals surface area contributed by atoms with Gasteiger partial charge in [0.1, 0.15) is 0 Å². The highest BCUT2D eigenvalue weighted by atomic mass is 17.2. The Hall–Kier alpha value is -1.84. The minimum Gasteiger partial charge on any atom is -0.294 e. The van der Waals surface area contributed by atoms with Crippen molar-refractivity contribution < 1.29 is 19.4 Å². The monoisotopic (exact) mass is 502 g/mol. The van der Waals surface area contributed by atoms with Gasteiger partial charge in [-0.15, -0.1) is 0 Å². The predicted molar refractivity (Wildman–Crippen MR) is 151 cm³/mol. The summed E-state index contributed by atoms with van der Waals surface area (Å²) < 4.78 is 0. The highest BCUT2D eigenvalue weighted by Crippen LogP contribution is 2.38. The fourth-order valence-corrected chi connectivity index (χ4v) is 4.51. The van der Waals surface area contributed by atoms with Crippen LogP contribution in [0, 0.1) is 10.8 Å². The third-order valence-corrected chi connectivity index (χ3v) is 6.59. The van der Waals surface area contributed by atoms with Crippen molar-refractivity contribution in [1.29, 1.82) is 0 Å². The van der Waals surface area contributed by atoms with E-state index in [0.29, 0.717) is 35.0 Å². The molecule has 4 heteroatoms. The van der Waals surface area contributed by atoms with Gasteiger partial charge in [0.05, 0.1) is 12.0 Å². The SMILES string of the molecule is CC(C)c1ccc(C(=O)CCCCCC(C)(C)C)c(OOC(=O)CCCCCC(C)(C)C)c1C(C)C. The number of benzene rings is 1. The summed E-state index contributed by atoms with van der Waals surface area (Å²) in [5.74, 6) is 0.502. The molecule has 0 radical (unpaired) electrons. The van der Waals surface area contributed by atoms with E-state index < -0.39 is 0 Å². The van der Waals surface area contributed by atoms with E-state index in [1.54, 1.807) is 0 Å². The molecule has 0 bridgehead atoms. The topological polar surface area (TPSA) is 52.6 Å². The molecule has 0 atom stereocenters. The summed E-state index contributed by atoms with van der Waals surface area (Å²) in [5.41, 5.74) is 3.24. The van der Waals surface area contributed by atoms with E-state index in [-0.39, 0.29) is 23.6 Å². The zero-order valence-corrected chi connectivity index (χ0v) is 25.0. The lowest BCUT2D eigenvalue weighted by atomic mass is 9.86. The van der Waals surface area contributed by atoms with Gasteiger partial charge in [-0.3, -0.25) is 14.6 Å². The van der Waals surface area contributed by atoms with Crippen LogP contribution in [0.15, 0.2) is 12.1 Å². The number of Topliss-reactive ketones (excluding diaryl/α,β-unsaturated/α-hetero) is 1. The number of carbonyl (C=O) groups is 2. The van der Waals surface area contributed by atoms with E-state index in [0.717, 1.165) is 62.5 Å². The molecular formula is C32H54O4. The first kappa shape index (κ1) is 32.2. The van der Waals surface area contributed by atoms with Gasteiger partial charge in [0, 0.05) is 12.0 Å². The average Bonchev–Trinajstić information content (AvgIpc) is 2.74. The van der Waals surface area contributed by atoms with E-state index in [1.807, 2.05) is 12.1 Å². The van der Waals surface area contributed by atoms with Crippen LogP contribution in [0.5, 0.6) is 5.75 Å². The summed E-state index contributed by atoms with van der Waals surface area (Å²) in [6.45, 7) is 21.9. The zero-order chi connectivity index (χ0) is 27.5. The molecule has 4 nitrogen and oxygen atoms in total. The van der Waals surface area contributed by atoms with E-state index in [9.17, 15) is 9.59 Å². The molecule has 0 aliphatic rings. The highest BCUT2D eigenvalue weighted by Gasteiger charge is 2.25. The molecule has 36 heavy (non-hydrogen) atoms. The summed E-state index contributed by atoms with van der Waals surface area (Å²) in [7, 11) is 0. The highest BCUT2D eigenvalue weighted by molar-refractivity contribution is 5.99. The Bertz CT molecular complexity index is 822. The first-order valence-electron chi connectivity index (χ1n) is 14.2. The number of rotatable bonds is 15. The van der Waals surface area contributed by atoms with Crippen molar-refractivity contribution in [3.05, 3.63) is 28.8 Å². The molecule has 0 heterocycles. The molecular weight excluding hydrogens is 448 g/mol.